The molecule has 220 valence electrons. The van der Waals surface area contributed by atoms with Crippen molar-refractivity contribution >= 4 is 44.2 Å². The summed E-state index contributed by atoms with van der Waals surface area (Å²) >= 11 is 3.59. The van der Waals surface area contributed by atoms with Crippen LogP contribution in [0.2, 0.25) is 36.3 Å². The highest BCUT2D eigenvalue weighted by Gasteiger charge is 2.42. The number of hydrogen-bond acceptors (Lipinski definition) is 5. The maximum atomic E-state index is 13.6. The molecule has 1 fully saturated rings. The van der Waals surface area contributed by atoms with E-state index in [0.717, 1.165) is 28.0 Å². The number of ether oxygens (including phenoxy) is 1. The van der Waals surface area contributed by atoms with Gasteiger partial charge < -0.3 is 18.5 Å². The largest absolute Gasteiger partial charge is 0.483 e. The van der Waals surface area contributed by atoms with Gasteiger partial charge in [0.15, 0.2) is 16.6 Å². The Labute approximate surface area is 247 Å². The lowest BCUT2D eigenvalue weighted by Gasteiger charge is -2.44. The zero-order valence-corrected chi connectivity index (χ0v) is 29.9. The zero-order chi connectivity index (χ0) is 29.6. The van der Waals surface area contributed by atoms with Gasteiger partial charge in [0.2, 0.25) is 5.91 Å². The van der Waals surface area contributed by atoms with E-state index in [0.29, 0.717) is 26.2 Å². The fourth-order valence-corrected chi connectivity index (χ4v) is 7.12. The van der Waals surface area contributed by atoms with Crippen LogP contribution in [0.15, 0.2) is 28.7 Å². The predicted octanol–water partition coefficient (Wildman–Crippen LogP) is 7.52. The molecule has 0 radical (unpaired) electrons. The molecule has 39 heavy (non-hydrogen) atoms. The van der Waals surface area contributed by atoms with Gasteiger partial charge in [-0.05, 0) is 74.4 Å². The normalized spacial score (nSPS) is 19.9. The summed E-state index contributed by atoms with van der Waals surface area (Å²) in [6.45, 7) is 29.9. The van der Waals surface area contributed by atoms with E-state index >= 15 is 0 Å². The number of carbonyl (C=O) groups excluding carboxylic acids is 1. The predicted molar refractivity (Wildman–Crippen MR) is 170 cm³/mol. The number of rotatable bonds is 8. The van der Waals surface area contributed by atoms with Gasteiger partial charge in [0.25, 0.3) is 0 Å². The van der Waals surface area contributed by atoms with Crippen molar-refractivity contribution in [3.63, 3.8) is 0 Å². The van der Waals surface area contributed by atoms with Crippen molar-refractivity contribution in [1.29, 1.82) is 0 Å². The quantitative estimate of drug-likeness (QED) is 0.276. The van der Waals surface area contributed by atoms with Crippen molar-refractivity contribution < 1.29 is 18.4 Å². The van der Waals surface area contributed by atoms with Crippen molar-refractivity contribution in [2.75, 3.05) is 32.8 Å². The highest BCUT2D eigenvalue weighted by atomic mass is 79.9. The highest BCUT2D eigenvalue weighted by molar-refractivity contribution is 9.10. The van der Waals surface area contributed by atoms with E-state index < -0.39 is 22.2 Å². The first kappa shape index (κ1) is 32.5. The van der Waals surface area contributed by atoms with E-state index in [1.807, 2.05) is 36.9 Å². The zero-order valence-electron chi connectivity index (χ0n) is 26.3. The topological polar surface area (TPSA) is 51.2 Å². The molecule has 3 rings (SSSR count). The Morgan fingerprint density at radius 2 is 1.64 bits per heavy atom. The summed E-state index contributed by atoms with van der Waals surface area (Å²) < 4.78 is 20.7. The van der Waals surface area contributed by atoms with Gasteiger partial charge in [-0.15, -0.1) is 0 Å². The third kappa shape index (κ3) is 7.86. The molecule has 1 amide bonds. The van der Waals surface area contributed by atoms with Crippen molar-refractivity contribution in [3.8, 4) is 5.75 Å². The van der Waals surface area contributed by atoms with Crippen LogP contribution in [0.3, 0.4) is 0 Å². The molecule has 1 unspecified atom stereocenters. The first-order chi connectivity index (χ1) is 17.6. The van der Waals surface area contributed by atoms with E-state index in [1.165, 1.54) is 0 Å². The summed E-state index contributed by atoms with van der Waals surface area (Å²) in [5.74, 6) is 0.911. The summed E-state index contributed by atoms with van der Waals surface area (Å²) in [6.07, 6.45) is 2.00. The Morgan fingerprint density at radius 3 is 2.21 bits per heavy atom. The summed E-state index contributed by atoms with van der Waals surface area (Å²) in [5, 5.41) is 0.230. The van der Waals surface area contributed by atoms with Gasteiger partial charge in [0, 0.05) is 29.7 Å². The number of nitrogens with zero attached hydrogens (tertiary/aromatic N) is 2. The summed E-state index contributed by atoms with van der Waals surface area (Å²) in [7, 11) is -3.96. The first-order valence-corrected chi connectivity index (χ1v) is 20.8. The third-order valence-corrected chi connectivity index (χ3v) is 18.4. The molecular weight excluding hydrogens is 588 g/mol. The number of amides is 1. The van der Waals surface area contributed by atoms with Crippen LogP contribution in [0, 0.1) is 0 Å². The molecule has 2 aliphatic rings. The molecule has 1 atom stereocenters. The number of benzene rings is 1. The van der Waals surface area contributed by atoms with Crippen LogP contribution < -0.4 is 4.74 Å². The Hall–Kier alpha value is -0.976. The smallest absolute Gasteiger partial charge is 0.241 e. The number of piperazine rings is 1. The number of hydrogen-bond donors (Lipinski definition) is 0. The van der Waals surface area contributed by atoms with Crippen LogP contribution in [-0.4, -0.2) is 76.8 Å². The van der Waals surface area contributed by atoms with Crippen molar-refractivity contribution in [2.45, 2.75) is 103 Å². The molecule has 0 aromatic heterocycles. The molecule has 9 heteroatoms. The summed E-state index contributed by atoms with van der Waals surface area (Å²) in [6, 6.07) is 5.99. The molecular formula is C30H51BrN2O4Si2. The van der Waals surface area contributed by atoms with Crippen LogP contribution in [-0.2, 0) is 13.6 Å². The first-order valence-electron chi connectivity index (χ1n) is 14.2. The molecule has 0 spiro atoms. The Morgan fingerprint density at radius 1 is 1.03 bits per heavy atom. The van der Waals surface area contributed by atoms with Gasteiger partial charge in [0.05, 0.1) is 25.0 Å². The molecule has 1 aromatic rings. The fraction of sp³-hybridized carbons (Fsp3) is 0.700. The minimum atomic E-state index is -2.03. The molecule has 6 nitrogen and oxygen atoms in total. The molecule has 0 N–H and O–H groups in total. The average molecular weight is 640 g/mol. The van der Waals surface area contributed by atoms with E-state index in [-0.39, 0.29) is 22.1 Å². The highest BCUT2D eigenvalue weighted by Crippen LogP contribution is 2.41. The summed E-state index contributed by atoms with van der Waals surface area (Å²) in [4.78, 5) is 17.8. The SMILES string of the molecule is CC1(C)C=C(N2CCN(CC(CO[Si](C)(C)C(C)(C)C)O[Si](C)(C)C(C)(C)C)CC2=O)c2cc(Br)ccc2O1. The third-order valence-electron chi connectivity index (χ3n) is 8.83. The van der Waals surface area contributed by atoms with Crippen LogP contribution >= 0.6 is 15.9 Å². The van der Waals surface area contributed by atoms with Gasteiger partial charge >= 0.3 is 0 Å². The fourth-order valence-electron chi connectivity index (χ4n) is 4.39. The molecule has 0 saturated carbocycles. The van der Waals surface area contributed by atoms with Crippen LogP contribution in [0.25, 0.3) is 5.70 Å². The number of carbonyl (C=O) groups is 1. The second-order valence-electron chi connectivity index (χ2n) is 14.7. The maximum absolute atomic E-state index is 13.6. The minimum Gasteiger partial charge on any atom is -0.483 e. The van der Waals surface area contributed by atoms with Crippen molar-refractivity contribution in [3.05, 3.63) is 34.3 Å². The molecule has 0 aliphatic carbocycles. The molecule has 2 heterocycles. The van der Waals surface area contributed by atoms with E-state index in [9.17, 15) is 4.79 Å². The lowest BCUT2D eigenvalue weighted by Crippen LogP contribution is -2.55. The van der Waals surface area contributed by atoms with Crippen LogP contribution in [0.4, 0.5) is 0 Å². The van der Waals surface area contributed by atoms with E-state index in [2.05, 4.69) is 94.6 Å². The van der Waals surface area contributed by atoms with Gasteiger partial charge in [-0.25, -0.2) is 0 Å². The van der Waals surface area contributed by atoms with Gasteiger partial charge in [-0.1, -0.05) is 57.5 Å². The standard InChI is InChI=1S/C30H51BrN2O4Si2/c1-28(2,3)38(9,10)35-21-23(37-39(11,12)29(4,5)6)19-32-15-16-33(27(34)20-32)25-18-30(7,8)36-26-14-13-22(31)17-24(25)26/h13-14,17-18,23H,15-16,19-21H2,1-12H3. The second-order valence-corrected chi connectivity index (χ2v) is 25.2. The molecule has 2 aliphatic heterocycles. The number of halogens is 1. The van der Waals surface area contributed by atoms with Gasteiger partial charge in [-0.2, -0.15) is 0 Å². The Bertz CT molecular complexity index is 1090. The number of fused-ring (bicyclic) bond motifs is 1. The Balaban J connectivity index is 1.78. The molecule has 1 aromatic carbocycles. The Kier molecular flexibility index (Phi) is 9.48. The van der Waals surface area contributed by atoms with E-state index in [1.54, 1.807) is 0 Å². The average Bonchev–Trinajstić information content (AvgIpc) is 2.75. The minimum absolute atomic E-state index is 0.0720. The van der Waals surface area contributed by atoms with Crippen LogP contribution in [0.1, 0.15) is 61.0 Å². The van der Waals surface area contributed by atoms with E-state index in [4.69, 9.17) is 13.6 Å². The summed E-state index contributed by atoms with van der Waals surface area (Å²) in [5.41, 5.74) is 1.39. The monoisotopic (exact) mass is 638 g/mol. The van der Waals surface area contributed by atoms with Crippen molar-refractivity contribution in [1.82, 2.24) is 9.80 Å². The second kappa shape index (κ2) is 11.4. The molecule has 0 bridgehead atoms. The molecule has 1 saturated heterocycles. The van der Waals surface area contributed by atoms with Crippen LogP contribution in [0.5, 0.6) is 5.75 Å². The maximum Gasteiger partial charge on any atom is 0.241 e. The lowest BCUT2D eigenvalue weighted by molar-refractivity contribution is -0.132. The van der Waals surface area contributed by atoms with Crippen molar-refractivity contribution in [2.24, 2.45) is 0 Å². The van der Waals surface area contributed by atoms with Gasteiger partial charge in [0.1, 0.15) is 11.4 Å². The lowest BCUT2D eigenvalue weighted by atomic mass is 9.97. The van der Waals surface area contributed by atoms with Gasteiger partial charge in [-0.3, -0.25) is 9.69 Å².